The van der Waals surface area contributed by atoms with Gasteiger partial charge >= 0.3 is 0 Å². The number of nitrogen functional groups attached to an aromatic ring is 1. The quantitative estimate of drug-likeness (QED) is 0.744. The van der Waals surface area contributed by atoms with Gasteiger partial charge in [0.05, 0.1) is 12.8 Å². The number of H-pyrrole nitrogens is 1. The molecular weight excluding hydrogens is 342 g/mol. The van der Waals surface area contributed by atoms with Gasteiger partial charge in [0.15, 0.2) is 5.82 Å². The van der Waals surface area contributed by atoms with E-state index in [9.17, 15) is 4.79 Å². The van der Waals surface area contributed by atoms with Gasteiger partial charge in [-0.25, -0.2) is 4.98 Å². The number of nitrogens with two attached hydrogens (primary N) is 1. The van der Waals surface area contributed by atoms with Crippen molar-refractivity contribution < 1.29 is 9.53 Å². The van der Waals surface area contributed by atoms with Gasteiger partial charge < -0.3 is 25.3 Å². The predicted octanol–water partition coefficient (Wildman–Crippen LogP) is 2.42. The van der Waals surface area contributed by atoms with Crippen LogP contribution in [0, 0.1) is 6.92 Å². The lowest BCUT2D eigenvalue weighted by Crippen LogP contribution is -2.49. The molecule has 7 heteroatoms. The zero-order valence-corrected chi connectivity index (χ0v) is 15.5. The molecule has 1 aliphatic rings. The Morgan fingerprint density at radius 3 is 2.70 bits per heavy atom. The second kappa shape index (κ2) is 6.83. The van der Waals surface area contributed by atoms with E-state index in [-0.39, 0.29) is 5.91 Å². The third-order valence-electron chi connectivity index (χ3n) is 5.11. The molecule has 1 fully saturated rings. The van der Waals surface area contributed by atoms with Gasteiger partial charge in [-0.1, -0.05) is 0 Å². The smallest absolute Gasteiger partial charge is 0.270 e. The lowest BCUT2D eigenvalue weighted by molar-refractivity contribution is 0.0741. The molecule has 3 N–H and O–H groups in total. The number of methoxy groups -OCH3 is 1. The second-order valence-corrected chi connectivity index (χ2v) is 6.78. The van der Waals surface area contributed by atoms with E-state index in [4.69, 9.17) is 10.5 Å². The molecule has 27 heavy (non-hydrogen) atoms. The van der Waals surface area contributed by atoms with Crippen LogP contribution >= 0.6 is 0 Å². The summed E-state index contributed by atoms with van der Waals surface area (Å²) >= 11 is 0. The van der Waals surface area contributed by atoms with Crippen LogP contribution in [0.1, 0.15) is 16.1 Å². The Morgan fingerprint density at radius 2 is 1.96 bits per heavy atom. The number of ether oxygens (including phenoxy) is 1. The lowest BCUT2D eigenvalue weighted by atomic mass is 10.2. The normalized spacial score (nSPS) is 14.6. The summed E-state index contributed by atoms with van der Waals surface area (Å²) in [5, 5.41) is 0.966. The zero-order chi connectivity index (χ0) is 19.0. The molecule has 0 aliphatic carbocycles. The first-order valence-electron chi connectivity index (χ1n) is 8.99. The summed E-state index contributed by atoms with van der Waals surface area (Å²) in [4.78, 5) is 24.5. The van der Waals surface area contributed by atoms with E-state index in [1.807, 2.05) is 42.2 Å². The molecule has 0 atom stereocenters. The molecule has 0 spiro atoms. The van der Waals surface area contributed by atoms with Crippen molar-refractivity contribution >= 4 is 28.3 Å². The van der Waals surface area contributed by atoms with Crippen LogP contribution in [-0.2, 0) is 0 Å². The molecule has 140 valence electrons. The Hall–Kier alpha value is -3.22. The Labute approximate surface area is 157 Å². The number of nitrogens with one attached hydrogen (secondary N) is 1. The number of aryl methyl sites for hydroxylation is 1. The second-order valence-electron chi connectivity index (χ2n) is 6.78. The molecular formula is C20H23N5O2. The fourth-order valence-corrected chi connectivity index (χ4v) is 3.45. The van der Waals surface area contributed by atoms with Crippen LogP contribution in [0.3, 0.4) is 0 Å². The van der Waals surface area contributed by atoms with Crippen LogP contribution in [0.25, 0.3) is 10.9 Å². The standard InChI is InChI=1S/C20H23N5O2/c1-13-5-6-22-19(18(13)21)24-7-9-25(10-8-24)20(26)17-12-14-11-15(27-2)3-4-16(14)23-17/h3-6,11-12,23H,7-10,21H2,1-2H3. The number of pyridine rings is 1. The highest BCUT2D eigenvalue weighted by Crippen LogP contribution is 2.25. The number of carbonyl (C=O) groups is 1. The van der Waals surface area contributed by atoms with Gasteiger partial charge in [-0.15, -0.1) is 0 Å². The van der Waals surface area contributed by atoms with Gasteiger partial charge in [0.1, 0.15) is 11.4 Å². The minimum absolute atomic E-state index is 0.00925. The number of benzene rings is 1. The number of piperazine rings is 1. The van der Waals surface area contributed by atoms with Crippen LogP contribution in [0.5, 0.6) is 5.75 Å². The van der Waals surface area contributed by atoms with E-state index >= 15 is 0 Å². The molecule has 4 rings (SSSR count). The van der Waals surface area contributed by atoms with Gasteiger partial charge in [-0.3, -0.25) is 4.79 Å². The van der Waals surface area contributed by atoms with Gasteiger partial charge in [0, 0.05) is 43.3 Å². The van der Waals surface area contributed by atoms with Gasteiger partial charge in [0.2, 0.25) is 0 Å². The summed E-state index contributed by atoms with van der Waals surface area (Å²) < 4.78 is 5.25. The van der Waals surface area contributed by atoms with Crippen molar-refractivity contribution in [2.24, 2.45) is 0 Å². The molecule has 1 aliphatic heterocycles. The number of amides is 1. The van der Waals surface area contributed by atoms with E-state index in [0.717, 1.165) is 28.0 Å². The van der Waals surface area contributed by atoms with E-state index in [0.29, 0.717) is 37.6 Å². The molecule has 3 aromatic rings. The van der Waals surface area contributed by atoms with E-state index in [1.54, 1.807) is 13.3 Å². The van der Waals surface area contributed by atoms with Crippen molar-refractivity contribution in [3.05, 3.63) is 47.8 Å². The van der Waals surface area contributed by atoms with Crippen molar-refractivity contribution in [2.45, 2.75) is 6.92 Å². The molecule has 0 unspecified atom stereocenters. The van der Waals surface area contributed by atoms with Gasteiger partial charge in [0.25, 0.3) is 5.91 Å². The molecule has 7 nitrogen and oxygen atoms in total. The van der Waals surface area contributed by atoms with Crippen molar-refractivity contribution in [2.75, 3.05) is 43.9 Å². The topological polar surface area (TPSA) is 87.5 Å². The summed E-state index contributed by atoms with van der Waals surface area (Å²) in [6, 6.07) is 9.52. The SMILES string of the molecule is COc1ccc2[nH]c(C(=O)N3CCN(c4nccc(C)c4N)CC3)cc2c1. The Balaban J connectivity index is 1.48. The Kier molecular flexibility index (Phi) is 4.35. The Morgan fingerprint density at radius 1 is 1.19 bits per heavy atom. The van der Waals surface area contributed by atoms with Crippen molar-refractivity contribution in [1.29, 1.82) is 0 Å². The van der Waals surface area contributed by atoms with Crippen LogP contribution in [-0.4, -0.2) is 54.1 Å². The maximum atomic E-state index is 12.9. The number of carbonyl (C=O) groups excluding carboxylic acids is 1. The average molecular weight is 365 g/mol. The Bertz CT molecular complexity index is 989. The predicted molar refractivity (Wildman–Crippen MR) is 106 cm³/mol. The number of aromatic amines is 1. The summed E-state index contributed by atoms with van der Waals surface area (Å²) in [7, 11) is 1.63. The summed E-state index contributed by atoms with van der Waals surface area (Å²) in [5.74, 6) is 1.59. The van der Waals surface area contributed by atoms with E-state index < -0.39 is 0 Å². The van der Waals surface area contributed by atoms with Gasteiger partial charge in [-0.2, -0.15) is 0 Å². The van der Waals surface area contributed by atoms with Crippen molar-refractivity contribution in [3.8, 4) is 5.75 Å². The highest BCUT2D eigenvalue weighted by Gasteiger charge is 2.25. The van der Waals surface area contributed by atoms with Crippen LogP contribution in [0.2, 0.25) is 0 Å². The largest absolute Gasteiger partial charge is 0.497 e. The molecule has 1 saturated heterocycles. The first-order chi connectivity index (χ1) is 13.1. The lowest BCUT2D eigenvalue weighted by Gasteiger charge is -2.35. The van der Waals surface area contributed by atoms with Crippen molar-refractivity contribution in [1.82, 2.24) is 14.9 Å². The number of aromatic nitrogens is 2. The molecule has 0 bridgehead atoms. The van der Waals surface area contributed by atoms with Crippen molar-refractivity contribution in [3.63, 3.8) is 0 Å². The third-order valence-corrected chi connectivity index (χ3v) is 5.11. The molecule has 0 radical (unpaired) electrons. The first kappa shape index (κ1) is 17.2. The minimum atomic E-state index is 0.00925. The van der Waals surface area contributed by atoms with Crippen LogP contribution in [0.15, 0.2) is 36.5 Å². The maximum Gasteiger partial charge on any atom is 0.270 e. The number of hydrogen-bond donors (Lipinski definition) is 2. The highest BCUT2D eigenvalue weighted by atomic mass is 16.5. The number of fused-ring (bicyclic) bond motifs is 1. The molecule has 1 amide bonds. The maximum absolute atomic E-state index is 12.9. The summed E-state index contributed by atoms with van der Waals surface area (Å²) in [5.41, 5.74) is 9.42. The number of hydrogen-bond acceptors (Lipinski definition) is 5. The fraction of sp³-hybridized carbons (Fsp3) is 0.300. The van der Waals surface area contributed by atoms with E-state index in [2.05, 4.69) is 14.9 Å². The molecule has 1 aromatic carbocycles. The fourth-order valence-electron chi connectivity index (χ4n) is 3.45. The number of anilines is 2. The monoisotopic (exact) mass is 365 g/mol. The van der Waals surface area contributed by atoms with Gasteiger partial charge in [-0.05, 0) is 42.8 Å². The zero-order valence-electron chi connectivity index (χ0n) is 15.5. The van der Waals surface area contributed by atoms with Crippen LogP contribution in [0.4, 0.5) is 11.5 Å². The molecule has 3 heterocycles. The molecule has 2 aromatic heterocycles. The average Bonchev–Trinajstić information content (AvgIpc) is 3.13. The van der Waals surface area contributed by atoms with E-state index in [1.165, 1.54) is 0 Å². The first-order valence-corrected chi connectivity index (χ1v) is 8.99. The minimum Gasteiger partial charge on any atom is -0.497 e. The highest BCUT2D eigenvalue weighted by molar-refractivity contribution is 5.98. The molecule has 0 saturated carbocycles. The number of nitrogens with zero attached hydrogens (tertiary/aromatic N) is 3. The van der Waals surface area contributed by atoms with Crippen LogP contribution < -0.4 is 15.4 Å². The third kappa shape index (κ3) is 3.16. The summed E-state index contributed by atoms with van der Waals surface area (Å²) in [6.07, 6.45) is 1.78. The summed E-state index contributed by atoms with van der Waals surface area (Å²) in [6.45, 7) is 4.66. The number of rotatable bonds is 3.